The standard InChI is InChI=1S/C15H19ClN4O2/c1-10(15(22)19-13-5-3-4-12(16)6-13)18-14(9-21)11-7-17-20(2)8-11/h3-8,10,14,18,21H,9H2,1-2H3,(H,19,22)/t10-,14-/m1/s1. The summed E-state index contributed by atoms with van der Waals surface area (Å²) in [5, 5.41) is 20.0. The summed E-state index contributed by atoms with van der Waals surface area (Å²) >= 11 is 5.89. The molecule has 22 heavy (non-hydrogen) atoms. The molecule has 2 aromatic rings. The van der Waals surface area contributed by atoms with E-state index >= 15 is 0 Å². The average Bonchev–Trinajstić information content (AvgIpc) is 2.90. The fourth-order valence-electron chi connectivity index (χ4n) is 2.07. The molecule has 0 spiro atoms. The fraction of sp³-hybridized carbons (Fsp3) is 0.333. The number of anilines is 1. The van der Waals surface area contributed by atoms with Crippen molar-refractivity contribution in [3.05, 3.63) is 47.2 Å². The Morgan fingerprint density at radius 1 is 1.50 bits per heavy atom. The lowest BCUT2D eigenvalue weighted by atomic mass is 10.1. The molecule has 1 heterocycles. The quantitative estimate of drug-likeness (QED) is 0.756. The average molecular weight is 323 g/mol. The minimum Gasteiger partial charge on any atom is -0.394 e. The number of carbonyl (C=O) groups is 1. The highest BCUT2D eigenvalue weighted by Gasteiger charge is 2.19. The number of halogens is 1. The summed E-state index contributed by atoms with van der Waals surface area (Å²) < 4.78 is 1.65. The van der Waals surface area contributed by atoms with Crippen molar-refractivity contribution in [3.8, 4) is 0 Å². The van der Waals surface area contributed by atoms with Gasteiger partial charge in [0, 0.05) is 29.5 Å². The third-order valence-corrected chi connectivity index (χ3v) is 3.48. The van der Waals surface area contributed by atoms with Crippen LogP contribution in [0.5, 0.6) is 0 Å². The largest absolute Gasteiger partial charge is 0.394 e. The Bertz CT molecular complexity index is 644. The van der Waals surface area contributed by atoms with Crippen LogP contribution in [-0.2, 0) is 11.8 Å². The molecule has 7 heteroatoms. The van der Waals surface area contributed by atoms with Crippen LogP contribution < -0.4 is 10.6 Å². The molecule has 0 radical (unpaired) electrons. The van der Waals surface area contributed by atoms with Crippen molar-refractivity contribution in [1.29, 1.82) is 0 Å². The van der Waals surface area contributed by atoms with E-state index in [2.05, 4.69) is 15.7 Å². The van der Waals surface area contributed by atoms with Gasteiger partial charge in [0.05, 0.1) is 24.9 Å². The molecule has 118 valence electrons. The van der Waals surface area contributed by atoms with Crippen molar-refractivity contribution in [2.24, 2.45) is 7.05 Å². The van der Waals surface area contributed by atoms with E-state index in [1.165, 1.54) is 0 Å². The summed E-state index contributed by atoms with van der Waals surface area (Å²) in [5.74, 6) is -0.204. The maximum Gasteiger partial charge on any atom is 0.241 e. The minimum absolute atomic E-state index is 0.125. The molecule has 1 amide bonds. The number of rotatable bonds is 6. The SMILES string of the molecule is C[C@@H](N[C@H](CO)c1cnn(C)c1)C(=O)Nc1cccc(Cl)c1. The maximum absolute atomic E-state index is 12.2. The van der Waals surface area contributed by atoms with E-state index in [1.807, 2.05) is 0 Å². The Morgan fingerprint density at radius 2 is 2.27 bits per heavy atom. The summed E-state index contributed by atoms with van der Waals surface area (Å²) in [6, 6.07) is 6.11. The van der Waals surface area contributed by atoms with Gasteiger partial charge in [-0.3, -0.25) is 14.8 Å². The van der Waals surface area contributed by atoms with Crippen LogP contribution in [-0.4, -0.2) is 33.4 Å². The van der Waals surface area contributed by atoms with Crippen molar-refractivity contribution in [1.82, 2.24) is 15.1 Å². The summed E-state index contributed by atoms with van der Waals surface area (Å²) in [6.07, 6.45) is 3.46. The molecule has 2 atom stereocenters. The molecule has 1 aromatic carbocycles. The van der Waals surface area contributed by atoms with Crippen LogP contribution >= 0.6 is 11.6 Å². The Labute approximate surface area is 134 Å². The number of nitrogens with one attached hydrogen (secondary N) is 2. The minimum atomic E-state index is -0.490. The Morgan fingerprint density at radius 3 is 2.86 bits per heavy atom. The highest BCUT2D eigenvalue weighted by molar-refractivity contribution is 6.30. The van der Waals surface area contributed by atoms with Gasteiger partial charge in [0.25, 0.3) is 0 Å². The van der Waals surface area contributed by atoms with Gasteiger partial charge in [-0.25, -0.2) is 0 Å². The fourth-order valence-corrected chi connectivity index (χ4v) is 2.26. The van der Waals surface area contributed by atoms with Gasteiger partial charge in [0.1, 0.15) is 0 Å². The summed E-state index contributed by atoms with van der Waals surface area (Å²) in [4.78, 5) is 12.2. The first-order valence-corrected chi connectivity index (χ1v) is 7.29. The van der Waals surface area contributed by atoms with Crippen molar-refractivity contribution in [2.45, 2.75) is 19.0 Å². The zero-order chi connectivity index (χ0) is 16.1. The molecule has 6 nitrogen and oxygen atoms in total. The number of amides is 1. The van der Waals surface area contributed by atoms with Crippen LogP contribution in [0.2, 0.25) is 5.02 Å². The van der Waals surface area contributed by atoms with Crippen molar-refractivity contribution >= 4 is 23.2 Å². The van der Waals surface area contributed by atoms with Gasteiger partial charge in [-0.2, -0.15) is 5.10 Å². The lowest BCUT2D eigenvalue weighted by Crippen LogP contribution is -2.41. The molecule has 0 aliphatic heterocycles. The van der Waals surface area contributed by atoms with Gasteiger partial charge in [0.15, 0.2) is 0 Å². The number of carbonyl (C=O) groups excluding carboxylic acids is 1. The molecular formula is C15H19ClN4O2. The first-order chi connectivity index (χ1) is 10.5. The van der Waals surface area contributed by atoms with Crippen LogP contribution in [0.15, 0.2) is 36.7 Å². The van der Waals surface area contributed by atoms with E-state index in [0.717, 1.165) is 5.56 Å². The van der Waals surface area contributed by atoms with Crippen LogP contribution in [0.3, 0.4) is 0 Å². The molecule has 0 saturated carbocycles. The molecule has 0 aliphatic carbocycles. The topological polar surface area (TPSA) is 79.2 Å². The monoisotopic (exact) mass is 322 g/mol. The second-order valence-corrected chi connectivity index (χ2v) is 5.51. The molecule has 1 aromatic heterocycles. The summed E-state index contributed by atoms with van der Waals surface area (Å²) in [5.41, 5.74) is 1.46. The number of hydrogen-bond donors (Lipinski definition) is 3. The number of aliphatic hydroxyl groups excluding tert-OH is 1. The van der Waals surface area contributed by atoms with E-state index in [9.17, 15) is 9.90 Å². The number of nitrogens with zero attached hydrogens (tertiary/aromatic N) is 2. The van der Waals surface area contributed by atoms with Crippen LogP contribution in [0.25, 0.3) is 0 Å². The summed E-state index contributed by atoms with van der Waals surface area (Å²) in [6.45, 7) is 1.61. The van der Waals surface area contributed by atoms with Gasteiger partial charge < -0.3 is 10.4 Å². The van der Waals surface area contributed by atoms with Gasteiger partial charge in [-0.05, 0) is 25.1 Å². The molecule has 0 fully saturated rings. The molecule has 2 rings (SSSR count). The van der Waals surface area contributed by atoms with E-state index in [1.54, 1.807) is 55.3 Å². The van der Waals surface area contributed by atoms with Gasteiger partial charge >= 0.3 is 0 Å². The van der Waals surface area contributed by atoms with E-state index in [0.29, 0.717) is 10.7 Å². The van der Waals surface area contributed by atoms with Crippen molar-refractivity contribution in [2.75, 3.05) is 11.9 Å². The Kier molecular flexibility index (Phi) is 5.54. The van der Waals surface area contributed by atoms with Crippen LogP contribution in [0.4, 0.5) is 5.69 Å². The number of hydrogen-bond acceptors (Lipinski definition) is 4. The molecule has 0 aliphatic rings. The molecule has 0 unspecified atom stereocenters. The summed E-state index contributed by atoms with van der Waals surface area (Å²) in [7, 11) is 1.80. The molecule has 3 N–H and O–H groups in total. The van der Waals surface area contributed by atoms with Crippen LogP contribution in [0, 0.1) is 0 Å². The van der Waals surface area contributed by atoms with Gasteiger partial charge in [0.2, 0.25) is 5.91 Å². The second-order valence-electron chi connectivity index (χ2n) is 5.07. The lowest BCUT2D eigenvalue weighted by molar-refractivity contribution is -0.118. The Hall–Kier alpha value is -1.89. The van der Waals surface area contributed by atoms with Crippen LogP contribution in [0.1, 0.15) is 18.5 Å². The first-order valence-electron chi connectivity index (χ1n) is 6.91. The first kappa shape index (κ1) is 16.5. The molecule has 0 saturated heterocycles. The zero-order valence-corrected chi connectivity index (χ0v) is 13.2. The highest BCUT2D eigenvalue weighted by atomic mass is 35.5. The Balaban J connectivity index is 1.98. The number of benzene rings is 1. The second kappa shape index (κ2) is 7.40. The predicted molar refractivity (Wildman–Crippen MR) is 85.7 cm³/mol. The smallest absolute Gasteiger partial charge is 0.241 e. The van der Waals surface area contributed by atoms with E-state index < -0.39 is 6.04 Å². The molecular weight excluding hydrogens is 304 g/mol. The number of aliphatic hydroxyl groups is 1. The molecule has 0 bridgehead atoms. The number of aryl methyl sites for hydroxylation is 1. The third kappa shape index (κ3) is 4.30. The van der Waals surface area contributed by atoms with Gasteiger partial charge in [-0.1, -0.05) is 17.7 Å². The lowest BCUT2D eigenvalue weighted by Gasteiger charge is -2.20. The number of aromatic nitrogens is 2. The van der Waals surface area contributed by atoms with E-state index in [4.69, 9.17) is 11.6 Å². The third-order valence-electron chi connectivity index (χ3n) is 3.25. The van der Waals surface area contributed by atoms with Crippen molar-refractivity contribution in [3.63, 3.8) is 0 Å². The normalized spacial score (nSPS) is 13.6. The van der Waals surface area contributed by atoms with Crippen molar-refractivity contribution < 1.29 is 9.90 Å². The highest BCUT2D eigenvalue weighted by Crippen LogP contribution is 2.16. The van der Waals surface area contributed by atoms with Gasteiger partial charge in [-0.15, -0.1) is 0 Å². The zero-order valence-electron chi connectivity index (χ0n) is 12.5. The van der Waals surface area contributed by atoms with E-state index in [-0.39, 0.29) is 18.6 Å². The maximum atomic E-state index is 12.2. The predicted octanol–water partition coefficient (Wildman–Crippen LogP) is 1.72.